The molecule has 12 heteroatoms. The number of nitriles is 1. The van der Waals surface area contributed by atoms with Crippen molar-refractivity contribution in [2.24, 2.45) is 0 Å². The summed E-state index contributed by atoms with van der Waals surface area (Å²) in [5.41, 5.74) is -3.18. The van der Waals surface area contributed by atoms with Crippen molar-refractivity contribution in [3.63, 3.8) is 0 Å². The zero-order chi connectivity index (χ0) is 22.8. The quantitative estimate of drug-likeness (QED) is 0.355. The van der Waals surface area contributed by atoms with Crippen molar-refractivity contribution in [2.45, 2.75) is 18.9 Å². The van der Waals surface area contributed by atoms with Crippen LogP contribution < -0.4 is 5.32 Å². The van der Waals surface area contributed by atoms with E-state index in [1.165, 1.54) is 29.6 Å². The highest BCUT2D eigenvalue weighted by molar-refractivity contribution is 5.86. The van der Waals surface area contributed by atoms with Crippen LogP contribution in [0.2, 0.25) is 0 Å². The summed E-state index contributed by atoms with van der Waals surface area (Å²) in [4.78, 5) is 3.97. The first kappa shape index (κ1) is 22.0. The van der Waals surface area contributed by atoms with E-state index >= 15 is 0 Å². The molecular formula is C19H12F6N5O+. The van der Waals surface area contributed by atoms with E-state index < -0.39 is 34.6 Å². The number of halogens is 6. The molecule has 160 valence electrons. The van der Waals surface area contributed by atoms with E-state index in [0.29, 0.717) is 6.21 Å². The molecule has 0 bridgehead atoms. The molecule has 3 N–H and O–H groups in total. The van der Waals surface area contributed by atoms with E-state index in [1.807, 2.05) is 0 Å². The van der Waals surface area contributed by atoms with E-state index in [4.69, 9.17) is 15.2 Å². The van der Waals surface area contributed by atoms with Gasteiger partial charge in [-0.1, -0.05) is 11.2 Å². The predicted molar refractivity (Wildman–Crippen MR) is 94.1 cm³/mol. The fourth-order valence-electron chi connectivity index (χ4n) is 2.85. The van der Waals surface area contributed by atoms with Gasteiger partial charge < -0.3 is 15.2 Å². The SMILES string of the molecule is N#Cc1ccc([NH2+]Cc2noc(-c3cccc(C(F)(F)F)c3)n2)c(C=N)c1C(F)(F)F. The zero-order valence-corrected chi connectivity index (χ0v) is 15.3. The van der Waals surface area contributed by atoms with Crippen molar-refractivity contribution >= 4 is 11.9 Å². The molecular weight excluding hydrogens is 428 g/mol. The first-order chi connectivity index (χ1) is 14.5. The van der Waals surface area contributed by atoms with E-state index in [1.54, 1.807) is 0 Å². The van der Waals surface area contributed by atoms with Crippen LogP contribution in [-0.4, -0.2) is 16.4 Å². The number of nitrogens with zero attached hydrogens (tertiary/aromatic N) is 3. The summed E-state index contributed by atoms with van der Waals surface area (Å²) in [6.45, 7) is -0.119. The molecule has 0 saturated carbocycles. The van der Waals surface area contributed by atoms with Crippen molar-refractivity contribution in [3.8, 4) is 17.5 Å². The highest BCUT2D eigenvalue weighted by Crippen LogP contribution is 2.36. The van der Waals surface area contributed by atoms with Crippen molar-refractivity contribution in [1.82, 2.24) is 10.1 Å². The van der Waals surface area contributed by atoms with Gasteiger partial charge in [-0.3, -0.25) is 0 Å². The Morgan fingerprint density at radius 2 is 1.84 bits per heavy atom. The van der Waals surface area contributed by atoms with Gasteiger partial charge in [0.25, 0.3) is 5.89 Å². The smallest absolute Gasteiger partial charge is 0.334 e. The molecule has 3 aromatic rings. The molecule has 1 aromatic heterocycles. The Bertz CT molecular complexity index is 1160. The van der Waals surface area contributed by atoms with Crippen LogP contribution in [0.1, 0.15) is 28.1 Å². The number of aromatic nitrogens is 2. The fourth-order valence-corrected chi connectivity index (χ4v) is 2.85. The summed E-state index contributed by atoms with van der Waals surface area (Å²) in [6.07, 6.45) is -8.90. The van der Waals surface area contributed by atoms with Gasteiger partial charge in [0.2, 0.25) is 5.82 Å². The molecule has 0 fully saturated rings. The van der Waals surface area contributed by atoms with Crippen molar-refractivity contribution < 1.29 is 36.2 Å². The number of nitrogens with one attached hydrogen (secondary N) is 1. The topological polar surface area (TPSA) is 103 Å². The van der Waals surface area contributed by atoms with E-state index in [2.05, 4.69) is 10.1 Å². The molecule has 0 aliphatic carbocycles. The number of rotatable bonds is 5. The third-order valence-electron chi connectivity index (χ3n) is 4.24. The highest BCUT2D eigenvalue weighted by atomic mass is 19.4. The second-order valence-corrected chi connectivity index (χ2v) is 6.25. The van der Waals surface area contributed by atoms with Crippen molar-refractivity contribution in [1.29, 1.82) is 10.7 Å². The van der Waals surface area contributed by atoms with E-state index in [-0.39, 0.29) is 29.5 Å². The largest absolute Gasteiger partial charge is 0.418 e. The molecule has 0 spiro atoms. The maximum absolute atomic E-state index is 13.3. The third-order valence-corrected chi connectivity index (χ3v) is 4.24. The summed E-state index contributed by atoms with van der Waals surface area (Å²) >= 11 is 0. The van der Waals surface area contributed by atoms with Gasteiger partial charge in [-0.15, -0.1) is 0 Å². The number of benzene rings is 2. The average Bonchev–Trinajstić information content (AvgIpc) is 3.19. The molecule has 3 rings (SSSR count). The minimum absolute atomic E-state index is 0.0151. The molecule has 31 heavy (non-hydrogen) atoms. The van der Waals surface area contributed by atoms with Crippen molar-refractivity contribution in [2.75, 3.05) is 0 Å². The Kier molecular flexibility index (Phi) is 5.81. The number of nitrogens with two attached hydrogens (primary N) is 1. The Morgan fingerprint density at radius 3 is 2.45 bits per heavy atom. The molecule has 0 unspecified atom stereocenters. The summed E-state index contributed by atoms with van der Waals surface area (Å²) in [6, 6.07) is 7.95. The van der Waals surface area contributed by atoms with Crippen LogP contribution in [0.3, 0.4) is 0 Å². The first-order valence-corrected chi connectivity index (χ1v) is 8.52. The number of hydrogen-bond acceptors (Lipinski definition) is 5. The minimum atomic E-state index is -4.84. The molecule has 0 aliphatic heterocycles. The van der Waals surface area contributed by atoms with Gasteiger partial charge in [0.15, 0.2) is 0 Å². The molecule has 0 amide bonds. The van der Waals surface area contributed by atoms with Gasteiger partial charge in [-0.05, 0) is 24.3 Å². The highest BCUT2D eigenvalue weighted by Gasteiger charge is 2.38. The summed E-state index contributed by atoms with van der Waals surface area (Å²) in [5, 5.41) is 21.2. The molecule has 0 radical (unpaired) electrons. The number of alkyl halides is 6. The van der Waals surface area contributed by atoms with Crippen LogP contribution >= 0.6 is 0 Å². The Morgan fingerprint density at radius 1 is 1.10 bits per heavy atom. The number of quaternary nitrogens is 1. The Labute approximate surface area is 170 Å². The maximum Gasteiger partial charge on any atom is 0.418 e. The second-order valence-electron chi connectivity index (χ2n) is 6.25. The van der Waals surface area contributed by atoms with Crippen LogP contribution in [0, 0.1) is 16.7 Å². The predicted octanol–water partition coefficient (Wildman–Crippen LogP) is 4.04. The average molecular weight is 440 g/mol. The van der Waals surface area contributed by atoms with Gasteiger partial charge in [-0.2, -0.15) is 36.6 Å². The second kappa shape index (κ2) is 8.19. The molecule has 0 aliphatic rings. The lowest BCUT2D eigenvalue weighted by atomic mass is 9.99. The van der Waals surface area contributed by atoms with E-state index in [9.17, 15) is 26.3 Å². The van der Waals surface area contributed by atoms with Crippen LogP contribution in [0.5, 0.6) is 0 Å². The minimum Gasteiger partial charge on any atom is -0.334 e. The molecule has 0 saturated heterocycles. The summed E-state index contributed by atoms with van der Waals surface area (Å²) in [5.74, 6) is -0.168. The van der Waals surface area contributed by atoms with E-state index in [0.717, 1.165) is 18.2 Å². The van der Waals surface area contributed by atoms with Gasteiger partial charge in [0.05, 0.1) is 28.3 Å². The summed E-state index contributed by atoms with van der Waals surface area (Å²) in [7, 11) is 0. The molecule has 2 aromatic carbocycles. The van der Waals surface area contributed by atoms with Crippen molar-refractivity contribution in [3.05, 3.63) is 64.5 Å². The van der Waals surface area contributed by atoms with Crippen LogP contribution in [0.15, 0.2) is 40.9 Å². The normalized spacial score (nSPS) is 11.9. The maximum atomic E-state index is 13.3. The third kappa shape index (κ3) is 4.72. The Hall–Kier alpha value is -3.72. The first-order valence-electron chi connectivity index (χ1n) is 8.52. The molecule has 6 nitrogen and oxygen atoms in total. The van der Waals surface area contributed by atoms with Gasteiger partial charge in [0.1, 0.15) is 12.2 Å². The molecule has 0 atom stereocenters. The standard InChI is InChI=1S/C19H11F6N5O/c20-18(21,22)12-3-1-2-10(6-12)17-29-15(30-31-17)9-28-14-5-4-11(7-26)16(13(14)8-27)19(23,24)25/h1-6,8,27-28H,9H2/p+1. The molecule has 1 heterocycles. The van der Waals surface area contributed by atoms with Crippen LogP contribution in [-0.2, 0) is 18.9 Å². The van der Waals surface area contributed by atoms with Crippen LogP contribution in [0.25, 0.3) is 11.5 Å². The summed E-state index contributed by atoms with van der Waals surface area (Å²) < 4.78 is 83.5. The van der Waals surface area contributed by atoms with Gasteiger partial charge >= 0.3 is 12.4 Å². The fraction of sp³-hybridized carbons (Fsp3) is 0.158. The Balaban J connectivity index is 1.85. The lowest BCUT2D eigenvalue weighted by Gasteiger charge is -2.13. The number of hydrogen-bond donors (Lipinski definition) is 2. The lowest BCUT2D eigenvalue weighted by molar-refractivity contribution is -0.590. The van der Waals surface area contributed by atoms with Gasteiger partial charge in [0, 0.05) is 17.8 Å². The van der Waals surface area contributed by atoms with Crippen LogP contribution in [0.4, 0.5) is 32.0 Å². The van der Waals surface area contributed by atoms with Gasteiger partial charge in [-0.25, -0.2) is 0 Å². The lowest BCUT2D eigenvalue weighted by Crippen LogP contribution is -2.76. The monoisotopic (exact) mass is 440 g/mol. The zero-order valence-electron chi connectivity index (χ0n) is 15.3.